The first-order valence-electron chi connectivity index (χ1n) is 6.25. The molecule has 9 heteroatoms. The predicted octanol–water partition coefficient (Wildman–Crippen LogP) is 0.598. The van der Waals surface area contributed by atoms with Crippen molar-refractivity contribution in [2.75, 3.05) is 13.7 Å². The summed E-state index contributed by atoms with van der Waals surface area (Å²) in [6, 6.07) is 2.85. The normalized spacial score (nSPS) is 28.3. The smallest absolute Gasteiger partial charge is 0.343 e. The standard InChI is InChI=1S/C13H14Cl2O7/c1-20-11-6(15)3-2-5(14)8(11)12(18)22-7-4-21-13(19)10(17)9(7)16/h2-3,7,9-10,13,16-17,19H,4H2,1H3. The van der Waals surface area contributed by atoms with Gasteiger partial charge < -0.3 is 29.5 Å². The Morgan fingerprint density at radius 2 is 1.86 bits per heavy atom. The second-order valence-corrected chi connectivity index (χ2v) is 5.40. The monoisotopic (exact) mass is 352 g/mol. The molecule has 1 fully saturated rings. The zero-order chi connectivity index (χ0) is 16.4. The molecule has 122 valence electrons. The predicted molar refractivity (Wildman–Crippen MR) is 76.2 cm³/mol. The molecule has 3 N–H and O–H groups in total. The van der Waals surface area contributed by atoms with Crippen molar-refractivity contribution in [3.63, 3.8) is 0 Å². The second-order valence-electron chi connectivity index (χ2n) is 4.59. The van der Waals surface area contributed by atoms with Crippen molar-refractivity contribution in [1.82, 2.24) is 0 Å². The lowest BCUT2D eigenvalue weighted by atomic mass is 10.1. The van der Waals surface area contributed by atoms with Crippen molar-refractivity contribution in [3.05, 3.63) is 27.7 Å². The van der Waals surface area contributed by atoms with Gasteiger partial charge in [-0.05, 0) is 12.1 Å². The van der Waals surface area contributed by atoms with Gasteiger partial charge in [0.2, 0.25) is 0 Å². The van der Waals surface area contributed by atoms with Crippen LogP contribution in [0, 0.1) is 0 Å². The summed E-state index contributed by atoms with van der Waals surface area (Å²) in [5.41, 5.74) is -0.107. The first-order chi connectivity index (χ1) is 10.4. The van der Waals surface area contributed by atoms with E-state index in [1.807, 2.05) is 0 Å². The summed E-state index contributed by atoms with van der Waals surface area (Å²) >= 11 is 11.9. The molecule has 0 bridgehead atoms. The van der Waals surface area contributed by atoms with Gasteiger partial charge >= 0.3 is 5.97 Å². The lowest BCUT2D eigenvalue weighted by Gasteiger charge is -2.34. The van der Waals surface area contributed by atoms with Gasteiger partial charge in [0.25, 0.3) is 0 Å². The number of halogens is 2. The zero-order valence-electron chi connectivity index (χ0n) is 11.4. The molecular formula is C13H14Cl2O7. The molecule has 1 aliphatic heterocycles. The molecule has 1 aromatic carbocycles. The number of rotatable bonds is 3. The van der Waals surface area contributed by atoms with Gasteiger partial charge in [-0.25, -0.2) is 4.79 Å². The first kappa shape index (κ1) is 17.3. The Balaban J connectivity index is 2.21. The Morgan fingerprint density at radius 1 is 1.23 bits per heavy atom. The molecule has 1 saturated heterocycles. The SMILES string of the molecule is COc1c(Cl)ccc(Cl)c1C(=O)OC1COC(O)C(O)C1O. The van der Waals surface area contributed by atoms with Gasteiger partial charge in [0, 0.05) is 0 Å². The fraction of sp³-hybridized carbons (Fsp3) is 0.462. The summed E-state index contributed by atoms with van der Waals surface area (Å²) in [7, 11) is 1.31. The van der Waals surface area contributed by atoms with Crippen LogP contribution in [0.4, 0.5) is 0 Å². The number of carbonyl (C=O) groups excluding carboxylic acids is 1. The molecule has 22 heavy (non-hydrogen) atoms. The molecule has 0 saturated carbocycles. The van der Waals surface area contributed by atoms with E-state index in [0.717, 1.165) is 0 Å². The minimum Gasteiger partial charge on any atom is -0.494 e. The molecule has 0 radical (unpaired) electrons. The van der Waals surface area contributed by atoms with Crippen LogP contribution in [-0.2, 0) is 9.47 Å². The van der Waals surface area contributed by atoms with E-state index in [1.54, 1.807) is 0 Å². The molecule has 0 spiro atoms. The molecule has 0 aromatic heterocycles. The molecule has 0 aliphatic carbocycles. The highest BCUT2D eigenvalue weighted by Gasteiger charge is 2.40. The number of esters is 1. The highest BCUT2D eigenvalue weighted by Crippen LogP contribution is 2.34. The molecular weight excluding hydrogens is 339 g/mol. The summed E-state index contributed by atoms with van der Waals surface area (Å²) in [6.45, 7) is -0.286. The molecule has 4 atom stereocenters. The molecule has 1 aromatic rings. The van der Waals surface area contributed by atoms with Crippen LogP contribution in [0.15, 0.2) is 12.1 Å². The Bertz CT molecular complexity index is 566. The van der Waals surface area contributed by atoms with Gasteiger partial charge in [0.1, 0.15) is 17.8 Å². The van der Waals surface area contributed by atoms with Crippen LogP contribution in [0.5, 0.6) is 5.75 Å². The van der Waals surface area contributed by atoms with Gasteiger partial charge in [0.05, 0.1) is 23.8 Å². The first-order valence-corrected chi connectivity index (χ1v) is 7.01. The van der Waals surface area contributed by atoms with Gasteiger partial charge in [-0.1, -0.05) is 23.2 Å². The summed E-state index contributed by atoms with van der Waals surface area (Å²) < 4.78 is 14.9. The van der Waals surface area contributed by atoms with E-state index in [1.165, 1.54) is 19.2 Å². The Kier molecular flexibility index (Phi) is 5.49. The third-order valence-corrected chi connectivity index (χ3v) is 3.79. The highest BCUT2D eigenvalue weighted by molar-refractivity contribution is 6.37. The number of benzene rings is 1. The number of aliphatic hydroxyl groups excluding tert-OH is 3. The summed E-state index contributed by atoms with van der Waals surface area (Å²) in [5, 5.41) is 28.8. The topological polar surface area (TPSA) is 105 Å². The maximum Gasteiger partial charge on any atom is 0.343 e. The molecule has 4 unspecified atom stereocenters. The lowest BCUT2D eigenvalue weighted by molar-refractivity contribution is -0.251. The van der Waals surface area contributed by atoms with Gasteiger partial charge in [-0.3, -0.25) is 0 Å². The van der Waals surface area contributed by atoms with Crippen molar-refractivity contribution >= 4 is 29.2 Å². The minimum atomic E-state index is -1.59. The maximum atomic E-state index is 12.2. The molecule has 0 amide bonds. The van der Waals surface area contributed by atoms with E-state index in [9.17, 15) is 20.1 Å². The number of carbonyl (C=O) groups is 1. The van der Waals surface area contributed by atoms with Crippen molar-refractivity contribution < 1.29 is 34.3 Å². The van der Waals surface area contributed by atoms with E-state index < -0.39 is 30.6 Å². The van der Waals surface area contributed by atoms with E-state index in [-0.39, 0.29) is 28.0 Å². The third-order valence-electron chi connectivity index (χ3n) is 3.18. The average molecular weight is 353 g/mol. The number of aliphatic hydroxyl groups is 3. The van der Waals surface area contributed by atoms with E-state index >= 15 is 0 Å². The number of methoxy groups -OCH3 is 1. The molecule has 1 heterocycles. The van der Waals surface area contributed by atoms with Crippen molar-refractivity contribution in [1.29, 1.82) is 0 Å². The van der Waals surface area contributed by atoms with Crippen LogP contribution in [-0.4, -0.2) is 59.6 Å². The van der Waals surface area contributed by atoms with E-state index in [4.69, 9.17) is 37.4 Å². The van der Waals surface area contributed by atoms with Crippen LogP contribution in [0.3, 0.4) is 0 Å². The molecule has 7 nitrogen and oxygen atoms in total. The summed E-state index contributed by atoms with van der Waals surface area (Å²) in [6.07, 6.45) is -5.82. The van der Waals surface area contributed by atoms with Gasteiger partial charge in [-0.2, -0.15) is 0 Å². The maximum absolute atomic E-state index is 12.2. The minimum absolute atomic E-state index is 0.0333. The van der Waals surface area contributed by atoms with Crippen LogP contribution >= 0.6 is 23.2 Å². The van der Waals surface area contributed by atoms with Crippen molar-refractivity contribution in [2.45, 2.75) is 24.6 Å². The van der Waals surface area contributed by atoms with E-state index in [0.29, 0.717) is 0 Å². The van der Waals surface area contributed by atoms with Crippen LogP contribution in [0.1, 0.15) is 10.4 Å². The number of hydrogen-bond acceptors (Lipinski definition) is 7. The second kappa shape index (κ2) is 6.99. The summed E-state index contributed by atoms with van der Waals surface area (Å²) in [4.78, 5) is 12.2. The fourth-order valence-corrected chi connectivity index (χ4v) is 2.46. The zero-order valence-corrected chi connectivity index (χ0v) is 12.9. The largest absolute Gasteiger partial charge is 0.494 e. The Morgan fingerprint density at radius 3 is 2.50 bits per heavy atom. The fourth-order valence-electron chi connectivity index (χ4n) is 2.00. The van der Waals surface area contributed by atoms with Crippen molar-refractivity contribution in [3.8, 4) is 5.75 Å². The Labute approximate surface area is 135 Å². The molecule has 1 aliphatic rings. The average Bonchev–Trinajstić information content (AvgIpc) is 2.49. The van der Waals surface area contributed by atoms with Gasteiger partial charge in [0.15, 0.2) is 18.1 Å². The quantitative estimate of drug-likeness (QED) is 0.684. The number of hydrogen-bond donors (Lipinski definition) is 3. The Hall–Kier alpha value is -1.09. The lowest BCUT2D eigenvalue weighted by Crippen LogP contribution is -2.54. The number of ether oxygens (including phenoxy) is 3. The summed E-state index contributed by atoms with van der Waals surface area (Å²) in [5.74, 6) is -0.869. The third kappa shape index (κ3) is 3.29. The van der Waals surface area contributed by atoms with E-state index in [2.05, 4.69) is 0 Å². The van der Waals surface area contributed by atoms with Crippen molar-refractivity contribution in [2.24, 2.45) is 0 Å². The highest BCUT2D eigenvalue weighted by atomic mass is 35.5. The molecule has 2 rings (SSSR count). The van der Waals surface area contributed by atoms with Crippen LogP contribution in [0.25, 0.3) is 0 Å². The van der Waals surface area contributed by atoms with Gasteiger partial charge in [-0.15, -0.1) is 0 Å². The van der Waals surface area contributed by atoms with Crippen LogP contribution < -0.4 is 4.74 Å². The van der Waals surface area contributed by atoms with Crippen LogP contribution in [0.2, 0.25) is 10.0 Å².